The van der Waals surface area contributed by atoms with E-state index < -0.39 is 0 Å². The summed E-state index contributed by atoms with van der Waals surface area (Å²) in [5, 5.41) is 8.72. The number of hydrogen-bond donors (Lipinski definition) is 1. The lowest BCUT2D eigenvalue weighted by Gasteiger charge is -2.16. The zero-order chi connectivity index (χ0) is 15.7. The van der Waals surface area contributed by atoms with Crippen molar-refractivity contribution in [3.8, 4) is 11.5 Å². The van der Waals surface area contributed by atoms with E-state index in [2.05, 4.69) is 27.7 Å². The summed E-state index contributed by atoms with van der Waals surface area (Å²) in [7, 11) is 1.62. The Morgan fingerprint density at radius 1 is 1.00 bits per heavy atom. The van der Waals surface area contributed by atoms with E-state index in [-0.39, 0.29) is 13.2 Å². The number of hydrogen-bond acceptors (Lipinski definition) is 4. The van der Waals surface area contributed by atoms with Gasteiger partial charge in [-0.1, -0.05) is 33.8 Å². The fourth-order valence-corrected chi connectivity index (χ4v) is 1.55. The number of aliphatic hydroxyl groups is 1. The maximum absolute atomic E-state index is 8.72. The molecule has 0 spiro atoms. The first-order valence-electron chi connectivity index (χ1n) is 7.48. The summed E-state index contributed by atoms with van der Waals surface area (Å²) in [6.07, 6.45) is 0. The van der Waals surface area contributed by atoms with Crippen LogP contribution in [0.3, 0.4) is 0 Å². The van der Waals surface area contributed by atoms with Gasteiger partial charge in [-0.3, -0.25) is 0 Å². The van der Waals surface area contributed by atoms with Crippen molar-refractivity contribution in [2.75, 3.05) is 26.4 Å². The first-order valence-corrected chi connectivity index (χ1v) is 7.48. The van der Waals surface area contributed by atoms with Gasteiger partial charge in [-0.15, -0.1) is 0 Å². The summed E-state index contributed by atoms with van der Waals surface area (Å²) in [6, 6.07) is 5.71. The van der Waals surface area contributed by atoms with Crippen LogP contribution in [0.15, 0.2) is 18.2 Å². The fourth-order valence-electron chi connectivity index (χ4n) is 1.55. The zero-order valence-electron chi connectivity index (χ0n) is 13.5. The summed E-state index contributed by atoms with van der Waals surface area (Å²) in [4.78, 5) is 0. The van der Waals surface area contributed by atoms with E-state index in [4.69, 9.17) is 19.2 Å². The van der Waals surface area contributed by atoms with Crippen molar-refractivity contribution in [1.82, 2.24) is 0 Å². The molecule has 1 aromatic rings. The zero-order valence-corrected chi connectivity index (χ0v) is 13.5. The Morgan fingerprint density at radius 3 is 2.19 bits per heavy atom. The van der Waals surface area contributed by atoms with Crippen molar-refractivity contribution >= 4 is 12.9 Å². The van der Waals surface area contributed by atoms with Gasteiger partial charge in [-0.2, -0.15) is 0 Å². The summed E-state index contributed by atoms with van der Waals surface area (Å²) in [6.45, 7) is 10.0. The third kappa shape index (κ3) is 7.39. The minimum absolute atomic E-state index is 0.00277. The maximum Gasteiger partial charge on any atom is 0.330 e. The molecule has 1 rings (SSSR count). The fraction of sp³-hybridized carbons (Fsp3) is 0.625. The average Bonchev–Trinajstić information content (AvgIpc) is 2.44. The molecule has 0 unspecified atom stereocenters. The van der Waals surface area contributed by atoms with Crippen molar-refractivity contribution in [2.45, 2.75) is 27.7 Å². The second-order valence-electron chi connectivity index (χ2n) is 5.83. The van der Waals surface area contributed by atoms with Crippen molar-refractivity contribution in [1.29, 1.82) is 0 Å². The Hall–Kier alpha value is -1.20. The summed E-state index contributed by atoms with van der Waals surface area (Å²) in [5.74, 6) is 2.39. The van der Waals surface area contributed by atoms with Crippen molar-refractivity contribution < 1.29 is 19.2 Å². The molecule has 0 aliphatic heterocycles. The third-order valence-corrected chi connectivity index (χ3v) is 2.54. The highest BCUT2D eigenvalue weighted by atomic mass is 16.5. The van der Waals surface area contributed by atoms with Crippen molar-refractivity contribution in [3.63, 3.8) is 0 Å². The molecule has 0 saturated heterocycles. The molecule has 0 amide bonds. The van der Waals surface area contributed by atoms with Crippen molar-refractivity contribution in [3.05, 3.63) is 18.2 Å². The highest BCUT2D eigenvalue weighted by molar-refractivity contribution is 6.47. The maximum atomic E-state index is 8.72. The van der Waals surface area contributed by atoms with Gasteiger partial charge in [0, 0.05) is 0 Å². The van der Waals surface area contributed by atoms with E-state index in [9.17, 15) is 0 Å². The Labute approximate surface area is 128 Å². The van der Waals surface area contributed by atoms with Crippen LogP contribution in [-0.4, -0.2) is 39.0 Å². The van der Waals surface area contributed by atoms with Crippen LogP contribution in [0.5, 0.6) is 11.5 Å². The van der Waals surface area contributed by atoms with Crippen LogP contribution in [-0.2, 0) is 4.65 Å². The number of rotatable bonds is 10. The molecule has 0 aliphatic carbocycles. The molecule has 1 aromatic carbocycles. The second kappa shape index (κ2) is 9.69. The van der Waals surface area contributed by atoms with Gasteiger partial charge < -0.3 is 19.2 Å². The molecule has 21 heavy (non-hydrogen) atoms. The molecular formula is C16H26BO4. The largest absolute Gasteiger partial charge is 0.489 e. The van der Waals surface area contributed by atoms with Crippen LogP contribution in [0.2, 0.25) is 0 Å². The van der Waals surface area contributed by atoms with E-state index in [1.54, 1.807) is 7.48 Å². The first kappa shape index (κ1) is 17.9. The van der Waals surface area contributed by atoms with Crippen LogP contribution in [0.25, 0.3) is 0 Å². The van der Waals surface area contributed by atoms with Crippen LogP contribution >= 0.6 is 0 Å². The Kier molecular flexibility index (Phi) is 8.24. The minimum Gasteiger partial charge on any atom is -0.489 e. The van der Waals surface area contributed by atoms with Gasteiger partial charge in [-0.05, 0) is 29.4 Å². The third-order valence-electron chi connectivity index (χ3n) is 2.54. The molecule has 0 fully saturated rings. The van der Waals surface area contributed by atoms with Gasteiger partial charge in [0.1, 0.15) is 0 Å². The predicted molar refractivity (Wildman–Crippen MR) is 85.5 cm³/mol. The Balaban J connectivity index is 2.75. The molecular weight excluding hydrogens is 267 g/mol. The Bertz CT molecular complexity index is 407. The normalized spacial score (nSPS) is 11.0. The van der Waals surface area contributed by atoms with Gasteiger partial charge in [0.25, 0.3) is 0 Å². The van der Waals surface area contributed by atoms with E-state index in [1.807, 2.05) is 18.2 Å². The van der Waals surface area contributed by atoms with E-state index in [0.29, 0.717) is 25.0 Å². The van der Waals surface area contributed by atoms with Crippen LogP contribution in [0.1, 0.15) is 27.7 Å². The van der Waals surface area contributed by atoms with Crippen molar-refractivity contribution in [2.24, 2.45) is 11.8 Å². The Morgan fingerprint density at radius 2 is 1.62 bits per heavy atom. The highest BCUT2D eigenvalue weighted by Crippen LogP contribution is 2.26. The van der Waals surface area contributed by atoms with E-state index >= 15 is 0 Å². The lowest BCUT2D eigenvalue weighted by molar-refractivity contribution is 0.209. The van der Waals surface area contributed by atoms with Crippen LogP contribution < -0.4 is 14.9 Å². The lowest BCUT2D eigenvalue weighted by atomic mass is 9.88. The standard InChI is InChI=1S/C16H26BO4/c1-12(2)10-19-15-6-5-14(17-21-8-7-18)9-16(15)20-11-13(3)4/h5-6,9,12-13,18H,7-8,10-11H2,1-4H3. The molecule has 0 bridgehead atoms. The molecule has 0 atom stereocenters. The smallest absolute Gasteiger partial charge is 0.330 e. The minimum atomic E-state index is 0.00277. The molecule has 0 saturated carbocycles. The quantitative estimate of drug-likeness (QED) is 0.529. The number of ether oxygens (including phenoxy) is 2. The first-order chi connectivity index (χ1) is 10.0. The van der Waals surface area contributed by atoms with E-state index in [0.717, 1.165) is 17.0 Å². The lowest BCUT2D eigenvalue weighted by Crippen LogP contribution is -2.20. The number of aliphatic hydroxyl groups excluding tert-OH is 1. The second-order valence-corrected chi connectivity index (χ2v) is 5.83. The highest BCUT2D eigenvalue weighted by Gasteiger charge is 2.10. The van der Waals surface area contributed by atoms with Gasteiger partial charge in [0.2, 0.25) is 0 Å². The van der Waals surface area contributed by atoms with Crippen LogP contribution in [0, 0.1) is 11.8 Å². The molecule has 4 nitrogen and oxygen atoms in total. The molecule has 5 heteroatoms. The average molecular weight is 293 g/mol. The van der Waals surface area contributed by atoms with E-state index in [1.165, 1.54) is 0 Å². The van der Waals surface area contributed by atoms with Gasteiger partial charge >= 0.3 is 7.48 Å². The summed E-state index contributed by atoms with van der Waals surface area (Å²) < 4.78 is 16.8. The summed E-state index contributed by atoms with van der Waals surface area (Å²) in [5.41, 5.74) is 0.888. The molecule has 117 valence electrons. The monoisotopic (exact) mass is 293 g/mol. The molecule has 0 heterocycles. The summed E-state index contributed by atoms with van der Waals surface area (Å²) >= 11 is 0. The molecule has 0 aromatic heterocycles. The molecule has 0 aliphatic rings. The predicted octanol–water partition coefficient (Wildman–Crippen LogP) is 2.01. The van der Waals surface area contributed by atoms with Gasteiger partial charge in [0.15, 0.2) is 11.5 Å². The topological polar surface area (TPSA) is 47.9 Å². The SMILES string of the molecule is CC(C)COc1ccc([B]OCCO)cc1OCC(C)C. The van der Waals surface area contributed by atoms with Gasteiger partial charge in [-0.25, -0.2) is 0 Å². The molecule has 1 N–H and O–H groups in total. The van der Waals surface area contributed by atoms with Crippen LogP contribution in [0.4, 0.5) is 0 Å². The number of benzene rings is 1. The van der Waals surface area contributed by atoms with Gasteiger partial charge in [0.05, 0.1) is 26.4 Å². The molecule has 1 radical (unpaired) electrons.